The van der Waals surface area contributed by atoms with Crippen LogP contribution in [0.3, 0.4) is 0 Å². The summed E-state index contributed by atoms with van der Waals surface area (Å²) in [5.74, 6) is 0.131. The third-order valence-electron chi connectivity index (χ3n) is 2.38. The van der Waals surface area contributed by atoms with Crippen molar-refractivity contribution in [3.05, 3.63) is 28.8 Å². The molecule has 13 heavy (non-hydrogen) atoms. The fourth-order valence-corrected chi connectivity index (χ4v) is 1.67. The van der Waals surface area contributed by atoms with Gasteiger partial charge in [-0.15, -0.1) is 0 Å². The number of carbonyl (C=O) groups is 1. The molecule has 64 valence electrons. The monoisotopic (exact) mass is 172 g/mol. The lowest BCUT2D eigenvalue weighted by atomic mass is 10.0. The number of hydrogen-bond donors (Lipinski definition) is 1. The molecule has 0 saturated heterocycles. The van der Waals surface area contributed by atoms with E-state index in [2.05, 4.69) is 0 Å². The lowest BCUT2D eigenvalue weighted by molar-refractivity contribution is 0.0994. The number of nitriles is 1. The number of rotatable bonds is 0. The Morgan fingerprint density at radius 1 is 1.38 bits per heavy atom. The number of benzene rings is 1. The van der Waals surface area contributed by atoms with Gasteiger partial charge in [-0.25, -0.2) is 0 Å². The fourth-order valence-electron chi connectivity index (χ4n) is 1.67. The van der Waals surface area contributed by atoms with Crippen molar-refractivity contribution < 1.29 is 4.79 Å². The van der Waals surface area contributed by atoms with E-state index in [4.69, 9.17) is 11.0 Å². The zero-order chi connectivity index (χ0) is 9.42. The molecule has 0 atom stereocenters. The molecule has 1 aliphatic rings. The van der Waals surface area contributed by atoms with Crippen LogP contribution >= 0.6 is 0 Å². The average molecular weight is 172 g/mol. The molecule has 0 bridgehead atoms. The van der Waals surface area contributed by atoms with Crippen molar-refractivity contribution in [2.75, 3.05) is 5.73 Å². The van der Waals surface area contributed by atoms with Crippen LogP contribution in [0.4, 0.5) is 5.69 Å². The van der Waals surface area contributed by atoms with E-state index in [-0.39, 0.29) is 5.78 Å². The summed E-state index contributed by atoms with van der Waals surface area (Å²) < 4.78 is 0. The molecule has 0 fully saturated rings. The first-order valence-electron chi connectivity index (χ1n) is 4.08. The van der Waals surface area contributed by atoms with Crippen molar-refractivity contribution in [2.45, 2.75) is 12.8 Å². The quantitative estimate of drug-likeness (QED) is 0.599. The molecule has 2 N–H and O–H groups in total. The summed E-state index contributed by atoms with van der Waals surface area (Å²) in [6.45, 7) is 0. The molecule has 2 rings (SSSR count). The van der Waals surface area contributed by atoms with Crippen molar-refractivity contribution in [2.24, 2.45) is 0 Å². The van der Waals surface area contributed by atoms with Crippen molar-refractivity contribution in [3.63, 3.8) is 0 Å². The van der Waals surface area contributed by atoms with E-state index in [1.807, 2.05) is 6.07 Å². The predicted octanol–water partition coefficient (Wildman–Crippen LogP) is 1.27. The van der Waals surface area contributed by atoms with E-state index >= 15 is 0 Å². The van der Waals surface area contributed by atoms with Gasteiger partial charge in [-0.2, -0.15) is 5.26 Å². The lowest BCUT2D eigenvalue weighted by Gasteiger charge is -2.03. The molecular weight excluding hydrogens is 164 g/mol. The number of carbonyl (C=O) groups excluding carboxylic acids is 1. The number of nitrogens with two attached hydrogens (primary N) is 1. The number of Topliss-reactive ketones (excluding diaryl/α,β-unsaturated/α-hetero) is 1. The molecule has 0 aliphatic heterocycles. The molecule has 1 aromatic carbocycles. The maximum Gasteiger partial charge on any atom is 0.163 e. The molecule has 1 aliphatic carbocycles. The van der Waals surface area contributed by atoms with Gasteiger partial charge in [-0.3, -0.25) is 4.79 Å². The molecule has 1 aromatic rings. The summed E-state index contributed by atoms with van der Waals surface area (Å²) >= 11 is 0. The Balaban J connectivity index is 2.68. The first kappa shape index (κ1) is 7.81. The van der Waals surface area contributed by atoms with Crippen molar-refractivity contribution in [1.82, 2.24) is 0 Å². The minimum Gasteiger partial charge on any atom is -0.397 e. The van der Waals surface area contributed by atoms with E-state index in [1.54, 1.807) is 12.1 Å². The van der Waals surface area contributed by atoms with Gasteiger partial charge in [0.25, 0.3) is 0 Å². The minimum absolute atomic E-state index is 0.131. The highest BCUT2D eigenvalue weighted by Gasteiger charge is 2.22. The first-order valence-corrected chi connectivity index (χ1v) is 4.08. The third kappa shape index (κ3) is 0.994. The number of nitrogen functional groups attached to an aromatic ring is 1. The van der Waals surface area contributed by atoms with Gasteiger partial charge in [-0.1, -0.05) is 0 Å². The Labute approximate surface area is 75.8 Å². The summed E-state index contributed by atoms with van der Waals surface area (Å²) in [6, 6.07) is 5.31. The molecule has 0 unspecified atom stereocenters. The molecule has 3 heteroatoms. The van der Waals surface area contributed by atoms with Gasteiger partial charge >= 0.3 is 0 Å². The summed E-state index contributed by atoms with van der Waals surface area (Å²) in [7, 11) is 0. The van der Waals surface area contributed by atoms with E-state index < -0.39 is 0 Å². The van der Waals surface area contributed by atoms with Crippen LogP contribution in [0.2, 0.25) is 0 Å². The minimum atomic E-state index is 0.131. The molecule has 0 spiro atoms. The summed E-state index contributed by atoms with van der Waals surface area (Å²) in [6.07, 6.45) is 1.20. The normalized spacial score (nSPS) is 13.9. The molecule has 0 heterocycles. The maximum absolute atomic E-state index is 11.3. The largest absolute Gasteiger partial charge is 0.397 e. The number of hydrogen-bond acceptors (Lipinski definition) is 3. The fraction of sp³-hybridized carbons (Fsp3) is 0.200. The van der Waals surface area contributed by atoms with Crippen LogP contribution in [0.1, 0.15) is 27.9 Å². The Kier molecular flexibility index (Phi) is 1.56. The predicted molar refractivity (Wildman–Crippen MR) is 48.2 cm³/mol. The van der Waals surface area contributed by atoms with Crippen LogP contribution in [0.15, 0.2) is 12.1 Å². The van der Waals surface area contributed by atoms with Crippen molar-refractivity contribution >= 4 is 11.5 Å². The molecule has 0 aromatic heterocycles. The van der Waals surface area contributed by atoms with Gasteiger partial charge in [0.2, 0.25) is 0 Å². The van der Waals surface area contributed by atoms with Crippen LogP contribution < -0.4 is 5.73 Å². The second-order valence-corrected chi connectivity index (χ2v) is 3.09. The highest BCUT2D eigenvalue weighted by Crippen LogP contribution is 2.29. The molecule has 0 saturated carbocycles. The third-order valence-corrected chi connectivity index (χ3v) is 2.38. The second-order valence-electron chi connectivity index (χ2n) is 3.09. The Hall–Kier alpha value is -1.82. The number of nitrogens with zero attached hydrogens (tertiary/aromatic N) is 1. The van der Waals surface area contributed by atoms with E-state index in [0.717, 1.165) is 5.56 Å². The zero-order valence-corrected chi connectivity index (χ0v) is 7.00. The van der Waals surface area contributed by atoms with Gasteiger partial charge < -0.3 is 5.73 Å². The maximum atomic E-state index is 11.3. The molecule has 0 radical (unpaired) electrons. The summed E-state index contributed by atoms with van der Waals surface area (Å²) in [5.41, 5.74) is 8.22. The molecule has 3 nitrogen and oxygen atoms in total. The van der Waals surface area contributed by atoms with Gasteiger partial charge in [0.15, 0.2) is 5.78 Å². The van der Waals surface area contributed by atoms with Gasteiger partial charge in [0, 0.05) is 12.0 Å². The standard InChI is InChI=1S/C10H8N2O/c11-5-6-1-2-7-8(10(6)12)3-4-9(7)13/h1-2H,3-4,12H2. The average Bonchev–Trinajstić information content (AvgIpc) is 2.50. The van der Waals surface area contributed by atoms with Crippen LogP contribution in [0, 0.1) is 11.3 Å². The SMILES string of the molecule is N#Cc1ccc2c(c1N)CCC2=O. The Morgan fingerprint density at radius 2 is 2.15 bits per heavy atom. The van der Waals surface area contributed by atoms with Crippen molar-refractivity contribution in [3.8, 4) is 6.07 Å². The van der Waals surface area contributed by atoms with E-state index in [0.29, 0.717) is 29.7 Å². The van der Waals surface area contributed by atoms with Gasteiger partial charge in [0.05, 0.1) is 11.3 Å². The highest BCUT2D eigenvalue weighted by atomic mass is 16.1. The Bertz CT molecular complexity index is 429. The number of ketones is 1. The van der Waals surface area contributed by atoms with Gasteiger partial charge in [0.1, 0.15) is 6.07 Å². The zero-order valence-electron chi connectivity index (χ0n) is 7.00. The van der Waals surface area contributed by atoms with E-state index in [9.17, 15) is 4.79 Å². The lowest BCUT2D eigenvalue weighted by Crippen LogP contribution is -1.98. The van der Waals surface area contributed by atoms with Crippen LogP contribution in [-0.2, 0) is 6.42 Å². The van der Waals surface area contributed by atoms with Crippen LogP contribution in [0.25, 0.3) is 0 Å². The van der Waals surface area contributed by atoms with Crippen LogP contribution in [0.5, 0.6) is 0 Å². The molecule has 0 amide bonds. The Morgan fingerprint density at radius 3 is 2.85 bits per heavy atom. The summed E-state index contributed by atoms with van der Waals surface area (Å²) in [4.78, 5) is 11.3. The topological polar surface area (TPSA) is 66.9 Å². The van der Waals surface area contributed by atoms with Gasteiger partial charge in [-0.05, 0) is 24.1 Å². The molecular formula is C10H8N2O. The van der Waals surface area contributed by atoms with Crippen LogP contribution in [-0.4, -0.2) is 5.78 Å². The number of anilines is 1. The highest BCUT2D eigenvalue weighted by molar-refractivity contribution is 6.02. The second kappa shape index (κ2) is 2.60. The number of fused-ring (bicyclic) bond motifs is 1. The smallest absolute Gasteiger partial charge is 0.163 e. The summed E-state index contributed by atoms with van der Waals surface area (Å²) in [5, 5.41) is 8.70. The first-order chi connectivity index (χ1) is 6.24. The van der Waals surface area contributed by atoms with E-state index in [1.165, 1.54) is 0 Å². The van der Waals surface area contributed by atoms with Crippen molar-refractivity contribution in [1.29, 1.82) is 5.26 Å².